The van der Waals surface area contributed by atoms with Crippen molar-refractivity contribution < 1.29 is 34.1 Å². The predicted octanol–water partition coefficient (Wildman–Crippen LogP) is 2.22. The zero-order valence-corrected chi connectivity index (χ0v) is 18.2. The number of nitrogens with zero attached hydrogens (tertiary/aromatic N) is 2. The average Bonchev–Trinajstić information content (AvgIpc) is 2.70. The average molecular weight is 478 g/mol. The number of hydrogen-bond acceptors (Lipinski definition) is 10. The highest BCUT2D eigenvalue weighted by molar-refractivity contribution is 5.99. The van der Waals surface area contributed by atoms with Crippen molar-refractivity contribution in [3.05, 3.63) is 67.8 Å². The monoisotopic (exact) mass is 478 g/mol. The minimum Gasteiger partial charge on any atom is -0.477 e. The lowest BCUT2D eigenvalue weighted by Gasteiger charge is -2.19. The van der Waals surface area contributed by atoms with Gasteiger partial charge in [-0.15, -0.1) is 0 Å². The number of carbonyl (C=O) groups excluding carboxylic acids is 2. The fourth-order valence-electron chi connectivity index (χ4n) is 2.25. The van der Waals surface area contributed by atoms with Gasteiger partial charge in [0.15, 0.2) is 0 Å². The molecule has 0 bridgehead atoms. The summed E-state index contributed by atoms with van der Waals surface area (Å²) < 4.78 is 4.90. The highest BCUT2D eigenvalue weighted by Crippen LogP contribution is 2.22. The SMILES string of the molecule is CC(C)(C)OC(=O)NNC(=O)c1ccc(N)cc1[N+](=O)[O-].Nc1ccc(C(=O)O)c([N+](=O)[O-])c1. The number of hydrazine groups is 1. The number of anilines is 2. The van der Waals surface area contributed by atoms with E-state index < -0.39 is 44.8 Å². The van der Waals surface area contributed by atoms with Crippen LogP contribution in [-0.2, 0) is 4.74 Å². The van der Waals surface area contributed by atoms with E-state index >= 15 is 0 Å². The van der Waals surface area contributed by atoms with Crippen LogP contribution in [0.4, 0.5) is 27.5 Å². The summed E-state index contributed by atoms with van der Waals surface area (Å²) in [6.07, 6.45) is -0.881. The van der Waals surface area contributed by atoms with Crippen LogP contribution >= 0.6 is 0 Å². The van der Waals surface area contributed by atoms with E-state index in [1.807, 2.05) is 10.9 Å². The van der Waals surface area contributed by atoms with E-state index in [1.54, 1.807) is 20.8 Å². The van der Waals surface area contributed by atoms with E-state index in [9.17, 15) is 34.6 Å². The van der Waals surface area contributed by atoms with Gasteiger partial charge in [0, 0.05) is 23.5 Å². The van der Waals surface area contributed by atoms with Crippen LogP contribution in [0.25, 0.3) is 0 Å². The Hall–Kier alpha value is -4.95. The number of nitrogens with two attached hydrogens (primary N) is 2. The molecule has 0 aliphatic heterocycles. The number of aromatic carboxylic acids is 1. The van der Waals surface area contributed by atoms with Gasteiger partial charge in [-0.25, -0.2) is 15.0 Å². The third-order valence-electron chi connectivity index (χ3n) is 3.59. The van der Waals surface area contributed by atoms with Crippen molar-refractivity contribution in [3.63, 3.8) is 0 Å². The number of carbonyl (C=O) groups is 3. The van der Waals surface area contributed by atoms with E-state index in [1.165, 1.54) is 18.2 Å². The van der Waals surface area contributed by atoms with Gasteiger partial charge in [-0.05, 0) is 45.0 Å². The summed E-state index contributed by atoms with van der Waals surface area (Å²) in [6.45, 7) is 4.96. The first-order valence-electron chi connectivity index (χ1n) is 9.23. The quantitative estimate of drug-likeness (QED) is 0.242. The summed E-state index contributed by atoms with van der Waals surface area (Å²) in [5.41, 5.74) is 12.8. The first kappa shape index (κ1) is 27.1. The first-order valence-corrected chi connectivity index (χ1v) is 9.23. The molecule has 0 aliphatic carbocycles. The van der Waals surface area contributed by atoms with Crippen molar-refractivity contribution >= 4 is 40.7 Å². The van der Waals surface area contributed by atoms with Crippen molar-refractivity contribution in [2.45, 2.75) is 26.4 Å². The summed E-state index contributed by atoms with van der Waals surface area (Å²) in [5, 5.41) is 29.8. The number of nitro benzene ring substituents is 2. The second-order valence-electron chi connectivity index (χ2n) is 7.45. The van der Waals surface area contributed by atoms with Gasteiger partial charge in [-0.2, -0.15) is 0 Å². The topological polar surface area (TPSA) is 243 Å². The summed E-state index contributed by atoms with van der Waals surface area (Å²) in [5.74, 6) is -2.20. The molecule has 0 radical (unpaired) electrons. The summed E-state index contributed by atoms with van der Waals surface area (Å²) in [6, 6.07) is 7.02. The number of nitrogen functional groups attached to an aromatic ring is 2. The number of rotatable bonds is 4. The summed E-state index contributed by atoms with van der Waals surface area (Å²) >= 11 is 0. The fraction of sp³-hybridized carbons (Fsp3) is 0.211. The van der Waals surface area contributed by atoms with Crippen LogP contribution in [0.3, 0.4) is 0 Å². The van der Waals surface area contributed by atoms with Crippen LogP contribution in [0.15, 0.2) is 36.4 Å². The molecular formula is C19H22N6O9. The first-order chi connectivity index (χ1) is 15.6. The second kappa shape index (κ2) is 11.1. The van der Waals surface area contributed by atoms with Gasteiger partial charge in [0.2, 0.25) is 0 Å². The molecule has 0 fully saturated rings. The third kappa shape index (κ3) is 8.29. The van der Waals surface area contributed by atoms with Gasteiger partial charge in [0.05, 0.1) is 9.85 Å². The maximum absolute atomic E-state index is 11.8. The Morgan fingerprint density at radius 1 is 0.882 bits per heavy atom. The number of ether oxygens (including phenoxy) is 1. The van der Waals surface area contributed by atoms with E-state index in [0.717, 1.165) is 18.2 Å². The standard InChI is InChI=1S/C12H16N4O5.C7H6N2O4/c1-12(2,3)21-11(18)15-14-10(17)8-5-4-7(13)6-9(8)16(19)20;8-4-1-2-5(7(10)11)6(3-4)9(12)13/h4-6H,13H2,1-3H3,(H,14,17)(H,15,18);1-3H,8H2,(H,10,11). The Morgan fingerprint density at radius 2 is 1.32 bits per heavy atom. The maximum atomic E-state index is 11.8. The van der Waals surface area contributed by atoms with Crippen molar-refractivity contribution in [1.29, 1.82) is 0 Å². The molecule has 2 amide bonds. The molecule has 15 nitrogen and oxygen atoms in total. The molecule has 182 valence electrons. The number of carboxylic acid groups (broad SMARTS) is 1. The lowest BCUT2D eigenvalue weighted by Crippen LogP contribution is -2.44. The van der Waals surface area contributed by atoms with Crippen molar-refractivity contribution in [2.24, 2.45) is 0 Å². The number of amides is 2. The van der Waals surface area contributed by atoms with E-state index in [2.05, 4.69) is 0 Å². The highest BCUT2D eigenvalue weighted by Gasteiger charge is 2.22. The maximum Gasteiger partial charge on any atom is 0.426 e. The molecule has 0 unspecified atom stereocenters. The van der Waals surface area contributed by atoms with Crippen LogP contribution in [0, 0.1) is 20.2 Å². The molecule has 2 aromatic carbocycles. The molecule has 0 saturated carbocycles. The van der Waals surface area contributed by atoms with Gasteiger partial charge >= 0.3 is 12.1 Å². The van der Waals surface area contributed by atoms with E-state index in [4.69, 9.17) is 21.3 Å². The van der Waals surface area contributed by atoms with Crippen molar-refractivity contribution in [1.82, 2.24) is 10.9 Å². The lowest BCUT2D eigenvalue weighted by atomic mass is 10.1. The number of nitro groups is 2. The van der Waals surface area contributed by atoms with E-state index in [0.29, 0.717) is 0 Å². The number of carboxylic acids is 1. The molecule has 0 atom stereocenters. The largest absolute Gasteiger partial charge is 0.477 e. The zero-order chi connectivity index (χ0) is 26.2. The Balaban J connectivity index is 0.000000380. The molecule has 0 saturated heterocycles. The Bertz CT molecular complexity index is 1130. The molecule has 2 rings (SSSR count). The predicted molar refractivity (Wildman–Crippen MR) is 119 cm³/mol. The van der Waals surface area contributed by atoms with Crippen LogP contribution in [0.5, 0.6) is 0 Å². The zero-order valence-electron chi connectivity index (χ0n) is 18.2. The molecule has 15 heteroatoms. The van der Waals surface area contributed by atoms with Crippen molar-refractivity contribution in [3.8, 4) is 0 Å². The van der Waals surface area contributed by atoms with Crippen LogP contribution in [0.1, 0.15) is 41.5 Å². The van der Waals surface area contributed by atoms with Crippen LogP contribution in [-0.4, -0.2) is 38.5 Å². The Kier molecular flexibility index (Phi) is 8.82. The highest BCUT2D eigenvalue weighted by atomic mass is 16.6. The molecule has 0 heterocycles. The normalized spacial score (nSPS) is 10.2. The molecule has 2 aromatic rings. The molecule has 34 heavy (non-hydrogen) atoms. The number of benzene rings is 2. The van der Waals surface area contributed by atoms with Crippen LogP contribution < -0.4 is 22.3 Å². The second-order valence-corrected chi connectivity index (χ2v) is 7.45. The van der Waals surface area contributed by atoms with Gasteiger partial charge in [0.25, 0.3) is 17.3 Å². The summed E-state index contributed by atoms with van der Waals surface area (Å²) in [4.78, 5) is 53.4. The van der Waals surface area contributed by atoms with E-state index in [-0.39, 0.29) is 22.5 Å². The Labute approximate surface area is 191 Å². The minimum absolute atomic E-state index is 0.151. The number of nitrogens with one attached hydrogen (secondary N) is 2. The van der Waals surface area contributed by atoms with Gasteiger partial charge in [-0.1, -0.05) is 0 Å². The van der Waals surface area contributed by atoms with Crippen LogP contribution in [0.2, 0.25) is 0 Å². The van der Waals surface area contributed by atoms with Gasteiger partial charge < -0.3 is 21.3 Å². The molecule has 0 aromatic heterocycles. The Morgan fingerprint density at radius 3 is 1.74 bits per heavy atom. The minimum atomic E-state index is -1.34. The molecule has 0 aliphatic rings. The third-order valence-corrected chi connectivity index (χ3v) is 3.59. The fourth-order valence-corrected chi connectivity index (χ4v) is 2.25. The molecular weight excluding hydrogens is 456 g/mol. The number of hydrogen-bond donors (Lipinski definition) is 5. The molecule has 0 spiro atoms. The molecule has 7 N–H and O–H groups in total. The summed E-state index contributed by atoms with van der Waals surface area (Å²) in [7, 11) is 0. The smallest absolute Gasteiger partial charge is 0.426 e. The van der Waals surface area contributed by atoms with Gasteiger partial charge in [0.1, 0.15) is 16.7 Å². The van der Waals surface area contributed by atoms with Crippen molar-refractivity contribution in [2.75, 3.05) is 11.5 Å². The lowest BCUT2D eigenvalue weighted by molar-refractivity contribution is -0.385. The van der Waals surface area contributed by atoms with Gasteiger partial charge in [-0.3, -0.25) is 30.4 Å².